The predicted octanol–water partition coefficient (Wildman–Crippen LogP) is 5.04. The van der Waals surface area contributed by atoms with Crippen LogP contribution in [0.2, 0.25) is 0 Å². The summed E-state index contributed by atoms with van der Waals surface area (Å²) < 4.78 is 0. The van der Waals surface area contributed by atoms with Crippen LogP contribution in [0.1, 0.15) is 71.4 Å². The van der Waals surface area contributed by atoms with Crippen molar-refractivity contribution in [3.63, 3.8) is 0 Å². The molecule has 1 unspecified atom stereocenters. The van der Waals surface area contributed by atoms with Gasteiger partial charge in [0.1, 0.15) is 0 Å². The standard InChI is InChI=1S/C19H31N/c1-18(2,3)16-10-8-15(9-11-16)14-20-17-7-6-12-19(4,5)13-17/h8-11,17,20H,6-7,12-14H2,1-5H3. The molecule has 0 spiro atoms. The van der Waals surface area contributed by atoms with Crippen molar-refractivity contribution in [2.75, 3.05) is 0 Å². The summed E-state index contributed by atoms with van der Waals surface area (Å²) in [6, 6.07) is 9.81. The van der Waals surface area contributed by atoms with Gasteiger partial charge in [0.05, 0.1) is 0 Å². The van der Waals surface area contributed by atoms with Gasteiger partial charge < -0.3 is 5.32 Å². The van der Waals surface area contributed by atoms with E-state index in [1.54, 1.807) is 0 Å². The minimum atomic E-state index is 0.249. The molecule has 1 aliphatic carbocycles. The zero-order valence-electron chi connectivity index (χ0n) is 13.9. The molecule has 0 amide bonds. The molecule has 1 heteroatoms. The fourth-order valence-corrected chi connectivity index (χ4v) is 3.26. The summed E-state index contributed by atoms with van der Waals surface area (Å²) in [5, 5.41) is 3.75. The van der Waals surface area contributed by atoms with E-state index >= 15 is 0 Å². The lowest BCUT2D eigenvalue weighted by molar-refractivity contribution is 0.198. The molecule has 112 valence electrons. The van der Waals surface area contributed by atoms with Crippen molar-refractivity contribution in [1.29, 1.82) is 0 Å². The van der Waals surface area contributed by atoms with Crippen LogP contribution in [0.25, 0.3) is 0 Å². The Labute approximate surface area is 125 Å². The van der Waals surface area contributed by atoms with Gasteiger partial charge in [-0.15, -0.1) is 0 Å². The third-order valence-electron chi connectivity index (χ3n) is 4.62. The van der Waals surface area contributed by atoms with E-state index in [4.69, 9.17) is 0 Å². The molecule has 0 aliphatic heterocycles. The van der Waals surface area contributed by atoms with Crippen molar-refractivity contribution in [3.8, 4) is 0 Å². The topological polar surface area (TPSA) is 12.0 Å². The molecule has 1 nitrogen and oxygen atoms in total. The molecular weight excluding hydrogens is 242 g/mol. The van der Waals surface area contributed by atoms with Crippen LogP contribution in [0, 0.1) is 5.41 Å². The highest BCUT2D eigenvalue weighted by atomic mass is 14.9. The quantitative estimate of drug-likeness (QED) is 0.813. The van der Waals surface area contributed by atoms with Gasteiger partial charge >= 0.3 is 0 Å². The summed E-state index contributed by atoms with van der Waals surface area (Å²) in [7, 11) is 0. The molecule has 1 fully saturated rings. The van der Waals surface area contributed by atoms with Gasteiger partial charge in [-0.2, -0.15) is 0 Å². The van der Waals surface area contributed by atoms with E-state index in [-0.39, 0.29) is 5.41 Å². The van der Waals surface area contributed by atoms with Crippen molar-refractivity contribution in [2.24, 2.45) is 5.41 Å². The zero-order chi connectivity index (χ0) is 14.8. The lowest BCUT2D eigenvalue weighted by Gasteiger charge is -2.35. The molecule has 1 aliphatic rings. The molecule has 1 atom stereocenters. The highest BCUT2D eigenvalue weighted by Gasteiger charge is 2.27. The molecule has 0 saturated heterocycles. The van der Waals surface area contributed by atoms with Gasteiger partial charge in [0.15, 0.2) is 0 Å². The second kappa shape index (κ2) is 5.89. The monoisotopic (exact) mass is 273 g/mol. The SMILES string of the molecule is CC1(C)CCCC(NCc2ccc(C(C)(C)C)cc2)C1. The Kier molecular flexibility index (Phi) is 4.59. The second-order valence-electron chi connectivity index (χ2n) is 8.29. The normalized spacial score (nSPS) is 22.8. The first kappa shape index (κ1) is 15.6. The molecule has 0 radical (unpaired) electrons. The van der Waals surface area contributed by atoms with Gasteiger partial charge in [0.2, 0.25) is 0 Å². The van der Waals surface area contributed by atoms with Crippen LogP contribution >= 0.6 is 0 Å². The summed E-state index contributed by atoms with van der Waals surface area (Å²) >= 11 is 0. The number of benzene rings is 1. The molecule has 1 saturated carbocycles. The Hall–Kier alpha value is -0.820. The van der Waals surface area contributed by atoms with Crippen molar-refractivity contribution in [1.82, 2.24) is 5.32 Å². The van der Waals surface area contributed by atoms with Crippen molar-refractivity contribution < 1.29 is 0 Å². The average molecular weight is 273 g/mol. The Balaban J connectivity index is 1.88. The Morgan fingerprint density at radius 1 is 1.15 bits per heavy atom. The van der Waals surface area contributed by atoms with Gasteiger partial charge in [-0.05, 0) is 41.2 Å². The average Bonchev–Trinajstić information content (AvgIpc) is 2.35. The Morgan fingerprint density at radius 2 is 1.80 bits per heavy atom. The van der Waals surface area contributed by atoms with Crippen LogP contribution in [-0.4, -0.2) is 6.04 Å². The largest absolute Gasteiger partial charge is 0.310 e. The van der Waals surface area contributed by atoms with Gasteiger partial charge in [-0.3, -0.25) is 0 Å². The maximum absolute atomic E-state index is 3.75. The van der Waals surface area contributed by atoms with Crippen molar-refractivity contribution in [2.45, 2.75) is 78.3 Å². The molecule has 2 rings (SSSR count). The second-order valence-corrected chi connectivity index (χ2v) is 8.29. The molecular formula is C19H31N. The zero-order valence-corrected chi connectivity index (χ0v) is 13.9. The number of hydrogen-bond acceptors (Lipinski definition) is 1. The van der Waals surface area contributed by atoms with E-state index in [2.05, 4.69) is 64.2 Å². The van der Waals surface area contributed by atoms with Crippen molar-refractivity contribution in [3.05, 3.63) is 35.4 Å². The lowest BCUT2D eigenvalue weighted by Crippen LogP contribution is -2.36. The van der Waals surface area contributed by atoms with Gasteiger partial charge in [-0.1, -0.05) is 65.3 Å². The minimum Gasteiger partial charge on any atom is -0.310 e. The molecule has 1 aromatic carbocycles. The first-order chi connectivity index (χ1) is 9.26. The van der Waals surface area contributed by atoms with Crippen molar-refractivity contribution >= 4 is 0 Å². The maximum atomic E-state index is 3.75. The van der Waals surface area contributed by atoms with Crippen LogP contribution in [0.4, 0.5) is 0 Å². The summed E-state index contributed by atoms with van der Waals surface area (Å²) in [5.41, 5.74) is 3.59. The summed E-state index contributed by atoms with van der Waals surface area (Å²) in [6.07, 6.45) is 5.40. The van der Waals surface area contributed by atoms with Crippen LogP contribution in [-0.2, 0) is 12.0 Å². The first-order valence-corrected chi connectivity index (χ1v) is 8.09. The van der Waals surface area contributed by atoms with Gasteiger partial charge in [-0.25, -0.2) is 0 Å². The highest BCUT2D eigenvalue weighted by Crippen LogP contribution is 2.35. The highest BCUT2D eigenvalue weighted by molar-refractivity contribution is 5.27. The summed E-state index contributed by atoms with van der Waals surface area (Å²) in [4.78, 5) is 0. The van der Waals surface area contributed by atoms with E-state index < -0.39 is 0 Å². The summed E-state index contributed by atoms with van der Waals surface area (Å²) in [6.45, 7) is 12.6. The van der Waals surface area contributed by atoms with Crippen LogP contribution in [0.5, 0.6) is 0 Å². The molecule has 0 aromatic heterocycles. The molecule has 1 aromatic rings. The first-order valence-electron chi connectivity index (χ1n) is 8.09. The Morgan fingerprint density at radius 3 is 2.35 bits per heavy atom. The third kappa shape index (κ3) is 4.34. The molecule has 20 heavy (non-hydrogen) atoms. The maximum Gasteiger partial charge on any atom is 0.0208 e. The van der Waals surface area contributed by atoms with Crippen LogP contribution in [0.15, 0.2) is 24.3 Å². The van der Waals surface area contributed by atoms with E-state index in [1.165, 1.54) is 36.8 Å². The molecule has 0 heterocycles. The summed E-state index contributed by atoms with van der Waals surface area (Å²) in [5.74, 6) is 0. The number of hydrogen-bond donors (Lipinski definition) is 1. The van der Waals surface area contributed by atoms with E-state index in [1.807, 2.05) is 0 Å². The minimum absolute atomic E-state index is 0.249. The number of rotatable bonds is 3. The Bertz CT molecular complexity index is 422. The van der Waals surface area contributed by atoms with E-state index in [0.717, 1.165) is 6.54 Å². The van der Waals surface area contributed by atoms with Gasteiger partial charge in [0, 0.05) is 12.6 Å². The van der Waals surface area contributed by atoms with E-state index in [0.29, 0.717) is 11.5 Å². The fraction of sp³-hybridized carbons (Fsp3) is 0.684. The molecule has 1 N–H and O–H groups in total. The number of nitrogens with one attached hydrogen (secondary N) is 1. The fourth-order valence-electron chi connectivity index (χ4n) is 3.26. The predicted molar refractivity (Wildman–Crippen MR) is 88.0 cm³/mol. The molecule has 0 bridgehead atoms. The smallest absolute Gasteiger partial charge is 0.0208 e. The third-order valence-corrected chi connectivity index (χ3v) is 4.62. The van der Waals surface area contributed by atoms with Gasteiger partial charge in [0.25, 0.3) is 0 Å². The van der Waals surface area contributed by atoms with E-state index in [9.17, 15) is 0 Å². The lowest BCUT2D eigenvalue weighted by atomic mass is 9.75. The van der Waals surface area contributed by atoms with Crippen LogP contribution < -0.4 is 5.32 Å². The van der Waals surface area contributed by atoms with Crippen LogP contribution in [0.3, 0.4) is 0 Å².